The summed E-state index contributed by atoms with van der Waals surface area (Å²) < 4.78 is 0. The van der Waals surface area contributed by atoms with Crippen LogP contribution in [-0.2, 0) is 27.3 Å². The number of aliphatic hydroxyl groups excluding tert-OH is 1. The molecule has 0 spiro atoms. The summed E-state index contributed by atoms with van der Waals surface area (Å²) in [6.45, 7) is 4.35. The molecule has 1 atom stereocenters. The third kappa shape index (κ3) is 7.00. The molecule has 0 bridgehead atoms. The van der Waals surface area contributed by atoms with E-state index in [0.717, 1.165) is 23.3 Å². The molecular formula is C28H28N2O5S. The summed E-state index contributed by atoms with van der Waals surface area (Å²) in [4.78, 5) is 42.2. The van der Waals surface area contributed by atoms with Gasteiger partial charge >= 0.3 is 5.97 Å². The standard InChI is InChI=1S/C28H28N2O5S/c1-2-17-29(20-22-7-4-3-5-8-22)28(35)27(24-9-6-19-36-24)30(25(32)14-15-26(33)34)23-12-10-21(11-13-23)16-18-31/h2-15,19,27,31H,1,16-18,20H2,(H,33,34)/b15-14-. The first-order valence-electron chi connectivity index (χ1n) is 11.4. The Morgan fingerprint density at radius 2 is 1.67 bits per heavy atom. The molecule has 0 fully saturated rings. The van der Waals surface area contributed by atoms with Crippen molar-refractivity contribution in [3.63, 3.8) is 0 Å². The minimum absolute atomic E-state index is 0.0182. The minimum atomic E-state index is -1.27. The highest BCUT2D eigenvalue weighted by Crippen LogP contribution is 2.33. The van der Waals surface area contributed by atoms with Gasteiger partial charge in [-0.1, -0.05) is 54.6 Å². The molecule has 1 unspecified atom stereocenters. The Kier molecular flexibility index (Phi) is 9.73. The quantitative estimate of drug-likeness (QED) is 0.284. The second-order valence-electron chi connectivity index (χ2n) is 7.93. The van der Waals surface area contributed by atoms with E-state index < -0.39 is 17.9 Å². The fraction of sp³-hybridized carbons (Fsp3) is 0.179. The number of aliphatic hydroxyl groups is 1. The predicted molar refractivity (Wildman–Crippen MR) is 141 cm³/mol. The van der Waals surface area contributed by atoms with Crippen molar-refractivity contribution in [1.82, 2.24) is 4.90 Å². The lowest BCUT2D eigenvalue weighted by atomic mass is 10.1. The van der Waals surface area contributed by atoms with E-state index >= 15 is 0 Å². The number of rotatable bonds is 12. The fourth-order valence-electron chi connectivity index (χ4n) is 3.75. The first-order chi connectivity index (χ1) is 17.4. The maximum absolute atomic E-state index is 14.1. The summed E-state index contributed by atoms with van der Waals surface area (Å²) >= 11 is 1.34. The van der Waals surface area contributed by atoms with Crippen LogP contribution in [0, 0.1) is 0 Å². The number of hydrogen-bond acceptors (Lipinski definition) is 5. The topological polar surface area (TPSA) is 98.2 Å². The smallest absolute Gasteiger partial charge is 0.328 e. The van der Waals surface area contributed by atoms with Crippen LogP contribution in [0.3, 0.4) is 0 Å². The van der Waals surface area contributed by atoms with Gasteiger partial charge in [-0.2, -0.15) is 0 Å². The summed E-state index contributed by atoms with van der Waals surface area (Å²) in [5, 5.41) is 20.2. The van der Waals surface area contributed by atoms with Crippen molar-refractivity contribution in [3.05, 3.63) is 113 Å². The van der Waals surface area contributed by atoms with Crippen LogP contribution in [0.2, 0.25) is 0 Å². The number of carboxylic acid groups (broad SMARTS) is 1. The Morgan fingerprint density at radius 1 is 0.944 bits per heavy atom. The molecule has 2 aromatic carbocycles. The van der Waals surface area contributed by atoms with Gasteiger partial charge in [0.15, 0.2) is 6.04 Å². The highest BCUT2D eigenvalue weighted by Gasteiger charge is 2.35. The highest BCUT2D eigenvalue weighted by atomic mass is 32.1. The molecule has 36 heavy (non-hydrogen) atoms. The van der Waals surface area contributed by atoms with Crippen molar-refractivity contribution in [2.75, 3.05) is 18.1 Å². The highest BCUT2D eigenvalue weighted by molar-refractivity contribution is 7.10. The number of nitrogens with zero attached hydrogens (tertiary/aromatic N) is 2. The molecule has 3 aromatic rings. The molecule has 2 N–H and O–H groups in total. The Balaban J connectivity index is 2.09. The van der Waals surface area contributed by atoms with Crippen LogP contribution in [0.4, 0.5) is 5.69 Å². The molecule has 7 nitrogen and oxygen atoms in total. The molecule has 0 aliphatic carbocycles. The van der Waals surface area contributed by atoms with Gasteiger partial charge in [0, 0.05) is 42.4 Å². The van der Waals surface area contributed by atoms with Gasteiger partial charge in [0.05, 0.1) is 0 Å². The van der Waals surface area contributed by atoms with Crippen LogP contribution in [0.5, 0.6) is 0 Å². The summed E-state index contributed by atoms with van der Waals surface area (Å²) in [5.41, 5.74) is 2.22. The first-order valence-corrected chi connectivity index (χ1v) is 12.2. The van der Waals surface area contributed by atoms with Crippen molar-refractivity contribution in [3.8, 4) is 0 Å². The van der Waals surface area contributed by atoms with Gasteiger partial charge < -0.3 is 15.1 Å². The number of amides is 2. The summed E-state index contributed by atoms with van der Waals surface area (Å²) in [6.07, 6.45) is 3.79. The summed E-state index contributed by atoms with van der Waals surface area (Å²) in [7, 11) is 0. The summed E-state index contributed by atoms with van der Waals surface area (Å²) in [5.74, 6) is -2.23. The van der Waals surface area contributed by atoms with Crippen molar-refractivity contribution < 1.29 is 24.6 Å². The van der Waals surface area contributed by atoms with Gasteiger partial charge in [-0.25, -0.2) is 4.79 Å². The lowest BCUT2D eigenvalue weighted by molar-refractivity contribution is -0.134. The van der Waals surface area contributed by atoms with Crippen LogP contribution in [0.1, 0.15) is 22.0 Å². The van der Waals surface area contributed by atoms with Gasteiger partial charge in [-0.3, -0.25) is 14.5 Å². The van der Waals surface area contributed by atoms with Crippen molar-refractivity contribution >= 4 is 34.8 Å². The molecule has 2 amide bonds. The van der Waals surface area contributed by atoms with E-state index in [-0.39, 0.29) is 19.1 Å². The van der Waals surface area contributed by atoms with Gasteiger partial charge in [0.2, 0.25) is 0 Å². The molecule has 0 aliphatic rings. The zero-order chi connectivity index (χ0) is 25.9. The molecule has 0 radical (unpaired) electrons. The largest absolute Gasteiger partial charge is 0.478 e. The molecule has 1 aromatic heterocycles. The number of anilines is 1. The molecule has 3 rings (SSSR count). The number of carboxylic acids is 1. The first kappa shape index (κ1) is 26.6. The minimum Gasteiger partial charge on any atom is -0.478 e. The second kappa shape index (κ2) is 13.2. The van der Waals surface area contributed by atoms with Crippen LogP contribution >= 0.6 is 11.3 Å². The van der Waals surface area contributed by atoms with Crippen LogP contribution in [-0.4, -0.2) is 46.0 Å². The van der Waals surface area contributed by atoms with Crippen LogP contribution in [0.25, 0.3) is 0 Å². The van der Waals surface area contributed by atoms with Gasteiger partial charge in [0.25, 0.3) is 11.8 Å². The number of aliphatic carboxylic acids is 1. The molecular weight excluding hydrogens is 476 g/mol. The number of benzene rings is 2. The average molecular weight is 505 g/mol. The number of thiophene rings is 1. The van der Waals surface area contributed by atoms with E-state index in [1.807, 2.05) is 35.7 Å². The average Bonchev–Trinajstić information content (AvgIpc) is 3.41. The van der Waals surface area contributed by atoms with Crippen molar-refractivity contribution in [1.29, 1.82) is 0 Å². The maximum atomic E-state index is 14.1. The maximum Gasteiger partial charge on any atom is 0.328 e. The van der Waals surface area contributed by atoms with E-state index in [1.165, 1.54) is 16.2 Å². The van der Waals surface area contributed by atoms with Crippen molar-refractivity contribution in [2.24, 2.45) is 0 Å². The van der Waals surface area contributed by atoms with E-state index in [2.05, 4.69) is 6.58 Å². The molecule has 0 aliphatic heterocycles. The molecule has 186 valence electrons. The molecule has 0 saturated heterocycles. The second-order valence-corrected chi connectivity index (χ2v) is 8.91. The number of carbonyl (C=O) groups excluding carboxylic acids is 2. The number of hydrogen-bond donors (Lipinski definition) is 2. The monoisotopic (exact) mass is 504 g/mol. The van der Waals surface area contributed by atoms with Gasteiger partial charge in [-0.05, 0) is 41.1 Å². The van der Waals surface area contributed by atoms with E-state index in [1.54, 1.807) is 47.4 Å². The third-order valence-corrected chi connectivity index (χ3v) is 6.33. The predicted octanol–water partition coefficient (Wildman–Crippen LogP) is 4.21. The Morgan fingerprint density at radius 3 is 2.25 bits per heavy atom. The Bertz CT molecular complexity index is 1190. The zero-order valence-corrected chi connectivity index (χ0v) is 20.5. The third-order valence-electron chi connectivity index (χ3n) is 5.40. The van der Waals surface area contributed by atoms with Crippen LogP contribution in [0.15, 0.2) is 96.9 Å². The molecule has 0 saturated carbocycles. The molecule has 8 heteroatoms. The van der Waals surface area contributed by atoms with Gasteiger partial charge in [0.1, 0.15) is 0 Å². The number of carbonyl (C=O) groups is 3. The van der Waals surface area contributed by atoms with Crippen LogP contribution < -0.4 is 4.90 Å². The Labute approximate surface area is 214 Å². The normalized spacial score (nSPS) is 11.7. The Hall–Kier alpha value is -4.01. The fourth-order valence-corrected chi connectivity index (χ4v) is 4.56. The molecule has 1 heterocycles. The summed E-state index contributed by atoms with van der Waals surface area (Å²) in [6, 6.07) is 19.0. The van der Waals surface area contributed by atoms with E-state index in [9.17, 15) is 19.5 Å². The zero-order valence-electron chi connectivity index (χ0n) is 19.7. The van der Waals surface area contributed by atoms with E-state index in [4.69, 9.17) is 5.11 Å². The van der Waals surface area contributed by atoms with Gasteiger partial charge in [-0.15, -0.1) is 17.9 Å². The van der Waals surface area contributed by atoms with E-state index in [0.29, 0.717) is 23.5 Å². The lowest BCUT2D eigenvalue weighted by Gasteiger charge is -2.34. The van der Waals surface area contributed by atoms with Crippen molar-refractivity contribution in [2.45, 2.75) is 19.0 Å². The SMILES string of the molecule is C=CCN(Cc1ccccc1)C(=O)C(c1cccs1)N(C(=O)/C=C\C(=O)O)c1ccc(CCO)cc1. The lowest BCUT2D eigenvalue weighted by Crippen LogP contribution is -2.45.